The maximum absolute atomic E-state index is 15.2. The Labute approximate surface area is 442 Å². The number of ether oxygens (including phenoxy) is 2. The minimum absolute atomic E-state index is 0.0480. The molecule has 1 unspecified atom stereocenters. The van der Waals surface area contributed by atoms with Crippen LogP contribution in [0.4, 0.5) is 26.4 Å². The zero-order chi connectivity index (χ0) is 52.5. The molecule has 18 nitrogen and oxygen atoms in total. The third kappa shape index (κ3) is 10.9. The van der Waals surface area contributed by atoms with Crippen LogP contribution in [-0.2, 0) is 40.4 Å². The maximum atomic E-state index is 15.2. The molecule has 3 atom stereocenters. The van der Waals surface area contributed by atoms with Crippen molar-refractivity contribution in [2.24, 2.45) is 0 Å². The first-order valence-corrected chi connectivity index (χ1v) is 25.7. The number of nitrogens with zero attached hydrogens (tertiary/aromatic N) is 8. The van der Waals surface area contributed by atoms with Gasteiger partial charge in [0.2, 0.25) is 11.8 Å². The molecular weight excluding hydrogens is 1000 g/mol. The molecule has 3 saturated heterocycles. The summed E-state index contributed by atoms with van der Waals surface area (Å²) in [6.07, 6.45) is 3.08. The van der Waals surface area contributed by atoms with Crippen LogP contribution in [0.25, 0.3) is 10.8 Å². The van der Waals surface area contributed by atoms with Gasteiger partial charge in [-0.3, -0.25) is 24.5 Å². The number of carbonyl (C=O) groups excluding carboxylic acids is 5. The van der Waals surface area contributed by atoms with Crippen LogP contribution in [0.15, 0.2) is 78.9 Å². The van der Waals surface area contributed by atoms with Gasteiger partial charge in [-0.05, 0) is 86.6 Å². The van der Waals surface area contributed by atoms with E-state index in [4.69, 9.17) is 42.6 Å². The molecule has 10 rings (SSSR count). The predicted molar refractivity (Wildman–Crippen MR) is 279 cm³/mol. The summed E-state index contributed by atoms with van der Waals surface area (Å²) in [5.41, 5.74) is 3.96. The maximum Gasteiger partial charge on any atom is 0.319 e. The van der Waals surface area contributed by atoms with Crippen LogP contribution < -0.4 is 35.2 Å². The molecule has 388 valence electrons. The van der Waals surface area contributed by atoms with Crippen molar-refractivity contribution < 1.29 is 37.8 Å². The van der Waals surface area contributed by atoms with E-state index in [1.54, 1.807) is 4.90 Å². The van der Waals surface area contributed by atoms with E-state index in [9.17, 15) is 29.2 Å². The molecule has 1 aromatic heterocycles. The molecule has 5 aliphatic heterocycles. The van der Waals surface area contributed by atoms with Crippen molar-refractivity contribution in [1.29, 1.82) is 5.26 Å². The number of halogens is 3. The topological polar surface area (TPSA) is 206 Å². The molecule has 3 fully saturated rings. The molecule has 6 amide bonds. The highest BCUT2D eigenvalue weighted by atomic mass is 35.5. The molecule has 21 heteroatoms. The van der Waals surface area contributed by atoms with E-state index in [2.05, 4.69) is 68.5 Å². The van der Waals surface area contributed by atoms with Crippen molar-refractivity contribution in [1.82, 2.24) is 35.3 Å². The number of hydrogen-bond acceptors (Lipinski definition) is 13. The van der Waals surface area contributed by atoms with Gasteiger partial charge in [0.15, 0.2) is 0 Å². The summed E-state index contributed by atoms with van der Waals surface area (Å²) in [6, 6.07) is 19.9. The number of nitrogens with one attached hydrogen (secondary N) is 3. The lowest BCUT2D eigenvalue weighted by Gasteiger charge is -2.42. The number of amides is 6. The molecule has 5 aliphatic rings. The number of fused-ring (bicyclic) bond motifs is 3. The number of hydrogen-bond donors (Lipinski definition) is 3. The lowest BCUT2D eigenvalue weighted by atomic mass is 10.0. The van der Waals surface area contributed by atoms with Crippen molar-refractivity contribution >= 4 is 80.8 Å². The van der Waals surface area contributed by atoms with Gasteiger partial charge in [0.25, 0.3) is 11.8 Å². The van der Waals surface area contributed by atoms with Crippen molar-refractivity contribution in [3.05, 3.63) is 123 Å². The Morgan fingerprint density at radius 2 is 1.77 bits per heavy atom. The Hall–Kier alpha value is -7.53. The number of rotatable bonds is 14. The number of urea groups is 1. The molecule has 3 N–H and O–H groups in total. The number of imide groups is 1. The fourth-order valence-corrected chi connectivity index (χ4v) is 11.2. The van der Waals surface area contributed by atoms with Crippen LogP contribution in [0.5, 0.6) is 11.8 Å². The Kier molecular flexibility index (Phi) is 14.8. The Balaban J connectivity index is 0.773. The quantitative estimate of drug-likeness (QED) is 0.0778. The minimum atomic E-state index is -0.851. The smallest absolute Gasteiger partial charge is 0.319 e. The molecule has 0 saturated carbocycles. The summed E-state index contributed by atoms with van der Waals surface area (Å²) >= 11 is 13.2. The molecule has 4 aromatic carbocycles. The molecule has 0 radical (unpaired) electrons. The number of likely N-dealkylation sites (N-methyl/N-ethyl adjacent to an activating group) is 1. The monoisotopic (exact) mass is 1060 g/mol. The fourth-order valence-electron chi connectivity index (χ4n) is 10.7. The van der Waals surface area contributed by atoms with Gasteiger partial charge in [-0.2, -0.15) is 15.2 Å². The largest absolute Gasteiger partial charge is 0.489 e. The zero-order valence-electron chi connectivity index (χ0n) is 41.2. The molecule has 0 aliphatic carbocycles. The van der Waals surface area contributed by atoms with Gasteiger partial charge in [-0.25, -0.2) is 9.18 Å². The van der Waals surface area contributed by atoms with Crippen LogP contribution in [0.2, 0.25) is 10.0 Å². The van der Waals surface area contributed by atoms with Crippen LogP contribution in [0.1, 0.15) is 64.8 Å². The first-order valence-electron chi connectivity index (χ1n) is 24.9. The first kappa shape index (κ1) is 51.0. The minimum Gasteiger partial charge on any atom is -0.489 e. The van der Waals surface area contributed by atoms with Gasteiger partial charge in [0.05, 0.1) is 35.8 Å². The van der Waals surface area contributed by atoms with E-state index in [1.165, 1.54) is 29.2 Å². The average Bonchev–Trinajstić information content (AvgIpc) is 3.95. The summed E-state index contributed by atoms with van der Waals surface area (Å²) in [7, 11) is 2.10. The van der Waals surface area contributed by atoms with Gasteiger partial charge in [-0.1, -0.05) is 54.0 Å². The summed E-state index contributed by atoms with van der Waals surface area (Å²) in [5, 5.41) is 20.5. The van der Waals surface area contributed by atoms with E-state index in [0.29, 0.717) is 49.8 Å². The Morgan fingerprint density at radius 1 is 0.947 bits per heavy atom. The highest BCUT2D eigenvalue weighted by Crippen LogP contribution is 2.38. The summed E-state index contributed by atoms with van der Waals surface area (Å²) in [5.74, 6) is -1.63. The SMILES string of the molecule is C=C(COc1cc(Cl)cc(NC(=O)NCc2cc3c(cc2F)C(=O)N(C2CCC(=O)NC2=O)C3)c1)C(=O)N1CCN(c2nc(OC[C@@H]3CCCN3C)nc3c2CCN(c2cccc4cccc(Cl)c24)C3)C[C@@H]1CC#N. The van der Waals surface area contributed by atoms with Crippen LogP contribution in [0, 0.1) is 17.1 Å². The average molecular weight is 1060 g/mol. The number of carbonyl (C=O) groups is 5. The highest BCUT2D eigenvalue weighted by molar-refractivity contribution is 6.36. The normalized spacial score (nSPS) is 19.6. The van der Waals surface area contributed by atoms with E-state index in [0.717, 1.165) is 59.0 Å². The molecular formula is C54H54Cl2FN11O7. The number of piperazine rings is 1. The fraction of sp³-hybridized carbons (Fsp3) is 0.370. The van der Waals surface area contributed by atoms with Crippen LogP contribution in [-0.4, -0.2) is 125 Å². The summed E-state index contributed by atoms with van der Waals surface area (Å²) < 4.78 is 27.6. The van der Waals surface area contributed by atoms with Gasteiger partial charge >= 0.3 is 12.0 Å². The lowest BCUT2D eigenvalue weighted by Crippen LogP contribution is -2.56. The van der Waals surface area contributed by atoms with E-state index < -0.39 is 41.7 Å². The third-order valence-electron chi connectivity index (χ3n) is 14.6. The lowest BCUT2D eigenvalue weighted by molar-refractivity contribution is -0.137. The number of aromatic nitrogens is 2. The van der Waals surface area contributed by atoms with Gasteiger partial charge in [0, 0.05) is 102 Å². The molecule has 0 spiro atoms. The van der Waals surface area contributed by atoms with E-state index in [-0.39, 0.29) is 96.6 Å². The second-order valence-corrected chi connectivity index (χ2v) is 20.3. The number of piperidine rings is 1. The second kappa shape index (κ2) is 21.7. The Bertz CT molecular complexity index is 3190. The predicted octanol–water partition coefficient (Wildman–Crippen LogP) is 6.76. The molecule has 0 bridgehead atoms. The summed E-state index contributed by atoms with van der Waals surface area (Å²) in [4.78, 5) is 84.1. The van der Waals surface area contributed by atoms with Crippen molar-refractivity contribution in [3.63, 3.8) is 0 Å². The van der Waals surface area contributed by atoms with E-state index in [1.807, 2.05) is 18.2 Å². The standard InChI is InChI=1S/C54H54Cl2FN11O7/c1-31(29-74-39-22-35(55)21-36(23-39)60-53(73)59-25-33-20-34-26-68(52(72)41(34)24-43(33)57)46-11-12-47(69)62-50(46)70)51(71)67-19-18-66(27-37(67)13-15-58)49-40-14-17-65(45-10-4-7-32-6-3-9-42(56)48(32)45)28-44(40)61-54(63-49)75-30-38-8-5-16-64(38)2/h3-4,6-7,9-10,20-24,37-38,46H,1,5,8,11-14,16-19,25-30H2,2H3,(H2,59,60,73)(H,62,69,70)/t37-,38-,46?/m0/s1. The van der Waals surface area contributed by atoms with Gasteiger partial charge < -0.3 is 44.6 Å². The van der Waals surface area contributed by atoms with Crippen molar-refractivity contribution in [2.45, 2.75) is 76.3 Å². The van der Waals surface area contributed by atoms with Crippen LogP contribution >= 0.6 is 23.2 Å². The van der Waals surface area contributed by atoms with E-state index >= 15 is 4.39 Å². The number of anilines is 3. The van der Waals surface area contributed by atoms with Crippen LogP contribution in [0.3, 0.4) is 0 Å². The summed E-state index contributed by atoms with van der Waals surface area (Å²) in [6.45, 7) is 7.33. The molecule has 5 aromatic rings. The highest BCUT2D eigenvalue weighted by Gasteiger charge is 2.40. The third-order valence-corrected chi connectivity index (χ3v) is 15.1. The number of benzene rings is 4. The van der Waals surface area contributed by atoms with Crippen molar-refractivity contribution in [2.75, 3.05) is 68.1 Å². The van der Waals surface area contributed by atoms with Gasteiger partial charge in [-0.15, -0.1) is 0 Å². The molecule has 75 heavy (non-hydrogen) atoms. The Morgan fingerprint density at radius 3 is 2.56 bits per heavy atom. The van der Waals surface area contributed by atoms with Gasteiger partial charge in [0.1, 0.15) is 36.6 Å². The van der Waals surface area contributed by atoms with Crippen molar-refractivity contribution in [3.8, 4) is 17.8 Å². The molecule has 6 heterocycles. The zero-order valence-corrected chi connectivity index (χ0v) is 42.7. The number of nitriles is 1. The second-order valence-electron chi connectivity index (χ2n) is 19.5. The first-order chi connectivity index (χ1) is 36.2. The number of likely N-dealkylation sites (tertiary alicyclic amines) is 1.